The molecule has 3 nitrogen and oxygen atoms in total. The van der Waals surface area contributed by atoms with E-state index in [-0.39, 0.29) is 0 Å². The van der Waals surface area contributed by atoms with E-state index in [1.807, 2.05) is 30.3 Å². The standard InChI is InChI=1S/C17H19NO2/c19-17(20)15-10-12-6-4-5-7-13(12)11-16(15)18-14-8-2-1-3-9-14/h4-7,10-11,14,18H,1-3,8-9H2,(H,19,20). The summed E-state index contributed by atoms with van der Waals surface area (Å²) < 4.78 is 0. The molecule has 0 radical (unpaired) electrons. The zero-order chi connectivity index (χ0) is 13.9. The van der Waals surface area contributed by atoms with Gasteiger partial charge in [-0.15, -0.1) is 0 Å². The largest absolute Gasteiger partial charge is 0.478 e. The first-order valence-corrected chi connectivity index (χ1v) is 7.26. The van der Waals surface area contributed by atoms with E-state index < -0.39 is 5.97 Å². The maximum Gasteiger partial charge on any atom is 0.337 e. The van der Waals surface area contributed by atoms with E-state index in [4.69, 9.17) is 0 Å². The summed E-state index contributed by atoms with van der Waals surface area (Å²) in [6, 6.07) is 12.0. The van der Waals surface area contributed by atoms with Crippen LogP contribution in [0.1, 0.15) is 42.5 Å². The number of anilines is 1. The summed E-state index contributed by atoms with van der Waals surface area (Å²) in [5, 5.41) is 14.9. The molecule has 1 aliphatic carbocycles. The zero-order valence-electron chi connectivity index (χ0n) is 11.4. The van der Waals surface area contributed by atoms with Crippen molar-refractivity contribution in [1.29, 1.82) is 0 Å². The van der Waals surface area contributed by atoms with Crippen LogP contribution in [-0.4, -0.2) is 17.1 Å². The van der Waals surface area contributed by atoms with E-state index in [0.717, 1.165) is 29.3 Å². The minimum absolute atomic E-state index is 0.370. The summed E-state index contributed by atoms with van der Waals surface area (Å²) in [6.45, 7) is 0. The summed E-state index contributed by atoms with van der Waals surface area (Å²) in [4.78, 5) is 11.5. The van der Waals surface area contributed by atoms with Crippen molar-refractivity contribution in [3.05, 3.63) is 42.0 Å². The van der Waals surface area contributed by atoms with Crippen LogP contribution in [0.3, 0.4) is 0 Å². The molecular weight excluding hydrogens is 250 g/mol. The fraction of sp³-hybridized carbons (Fsp3) is 0.353. The van der Waals surface area contributed by atoms with Crippen LogP contribution in [0, 0.1) is 0 Å². The van der Waals surface area contributed by atoms with Crippen LogP contribution in [0.2, 0.25) is 0 Å². The predicted octanol–water partition coefficient (Wildman–Crippen LogP) is 4.28. The predicted molar refractivity (Wildman–Crippen MR) is 81.4 cm³/mol. The normalized spacial score (nSPS) is 16.2. The van der Waals surface area contributed by atoms with Crippen molar-refractivity contribution in [3.8, 4) is 0 Å². The lowest BCUT2D eigenvalue weighted by atomic mass is 9.94. The third-order valence-electron chi connectivity index (χ3n) is 4.08. The van der Waals surface area contributed by atoms with E-state index in [0.29, 0.717) is 11.6 Å². The Morgan fingerprint density at radius 1 is 1.05 bits per heavy atom. The lowest BCUT2D eigenvalue weighted by Crippen LogP contribution is -2.23. The van der Waals surface area contributed by atoms with Crippen molar-refractivity contribution < 1.29 is 9.90 Å². The summed E-state index contributed by atoms with van der Waals surface area (Å²) in [5.41, 5.74) is 1.12. The van der Waals surface area contributed by atoms with E-state index in [9.17, 15) is 9.90 Å². The van der Waals surface area contributed by atoms with Gasteiger partial charge < -0.3 is 10.4 Å². The van der Waals surface area contributed by atoms with Crippen molar-refractivity contribution in [2.45, 2.75) is 38.1 Å². The second-order valence-corrected chi connectivity index (χ2v) is 5.53. The zero-order valence-corrected chi connectivity index (χ0v) is 11.4. The smallest absolute Gasteiger partial charge is 0.337 e. The molecule has 104 valence electrons. The lowest BCUT2D eigenvalue weighted by molar-refractivity contribution is 0.0698. The molecule has 0 heterocycles. The molecule has 1 aliphatic rings. The van der Waals surface area contributed by atoms with Gasteiger partial charge in [0.2, 0.25) is 0 Å². The van der Waals surface area contributed by atoms with Crippen LogP contribution in [0.5, 0.6) is 0 Å². The second-order valence-electron chi connectivity index (χ2n) is 5.53. The fourth-order valence-electron chi connectivity index (χ4n) is 3.00. The van der Waals surface area contributed by atoms with Gasteiger partial charge >= 0.3 is 5.97 Å². The van der Waals surface area contributed by atoms with Crippen LogP contribution in [0.25, 0.3) is 10.8 Å². The Morgan fingerprint density at radius 3 is 2.35 bits per heavy atom. The van der Waals surface area contributed by atoms with Crippen molar-refractivity contribution in [3.63, 3.8) is 0 Å². The molecule has 0 amide bonds. The van der Waals surface area contributed by atoms with Gasteiger partial charge in [-0.05, 0) is 35.7 Å². The molecule has 0 aliphatic heterocycles. The number of hydrogen-bond donors (Lipinski definition) is 2. The number of carboxylic acid groups (broad SMARTS) is 1. The SMILES string of the molecule is O=C(O)c1cc2ccccc2cc1NC1CCCCC1. The van der Waals surface area contributed by atoms with E-state index in [1.165, 1.54) is 19.3 Å². The van der Waals surface area contributed by atoms with Crippen molar-refractivity contribution in [1.82, 2.24) is 0 Å². The third kappa shape index (κ3) is 2.62. The van der Waals surface area contributed by atoms with Crippen molar-refractivity contribution in [2.24, 2.45) is 0 Å². The Morgan fingerprint density at radius 2 is 1.70 bits per heavy atom. The van der Waals surface area contributed by atoms with E-state index >= 15 is 0 Å². The van der Waals surface area contributed by atoms with Gasteiger partial charge in [-0.3, -0.25) is 0 Å². The maximum absolute atomic E-state index is 11.5. The Kier molecular flexibility index (Phi) is 3.59. The Labute approximate surface area is 118 Å². The minimum atomic E-state index is -0.867. The number of nitrogens with one attached hydrogen (secondary N) is 1. The van der Waals surface area contributed by atoms with Gasteiger partial charge in [0.15, 0.2) is 0 Å². The highest BCUT2D eigenvalue weighted by atomic mass is 16.4. The maximum atomic E-state index is 11.5. The summed E-state index contributed by atoms with van der Waals surface area (Å²) >= 11 is 0. The molecule has 0 aromatic heterocycles. The summed E-state index contributed by atoms with van der Waals surface area (Å²) in [5.74, 6) is -0.867. The highest BCUT2D eigenvalue weighted by molar-refractivity contribution is 6.00. The number of fused-ring (bicyclic) bond motifs is 1. The number of aromatic carboxylic acids is 1. The molecule has 3 rings (SSSR count). The molecule has 2 aromatic carbocycles. The molecule has 2 N–H and O–H groups in total. The molecule has 0 saturated heterocycles. The molecule has 1 saturated carbocycles. The van der Waals surface area contributed by atoms with Crippen LogP contribution in [-0.2, 0) is 0 Å². The number of hydrogen-bond acceptors (Lipinski definition) is 2. The van der Waals surface area contributed by atoms with Gasteiger partial charge in [-0.25, -0.2) is 4.79 Å². The fourth-order valence-corrected chi connectivity index (χ4v) is 3.00. The quantitative estimate of drug-likeness (QED) is 0.874. The van der Waals surface area contributed by atoms with Gasteiger partial charge in [0, 0.05) is 11.7 Å². The number of benzene rings is 2. The monoisotopic (exact) mass is 269 g/mol. The van der Waals surface area contributed by atoms with Crippen LogP contribution >= 0.6 is 0 Å². The molecule has 0 unspecified atom stereocenters. The minimum Gasteiger partial charge on any atom is -0.478 e. The van der Waals surface area contributed by atoms with Crippen molar-refractivity contribution in [2.75, 3.05) is 5.32 Å². The van der Waals surface area contributed by atoms with Gasteiger partial charge in [-0.2, -0.15) is 0 Å². The van der Waals surface area contributed by atoms with Gasteiger partial charge in [0.05, 0.1) is 5.56 Å². The summed E-state index contributed by atoms with van der Waals surface area (Å²) in [7, 11) is 0. The number of rotatable bonds is 3. The molecule has 20 heavy (non-hydrogen) atoms. The van der Waals surface area contributed by atoms with E-state index in [1.54, 1.807) is 6.07 Å². The van der Waals surface area contributed by atoms with Gasteiger partial charge in [0.1, 0.15) is 0 Å². The Hall–Kier alpha value is -2.03. The highest BCUT2D eigenvalue weighted by Crippen LogP contribution is 2.28. The second kappa shape index (κ2) is 5.53. The van der Waals surface area contributed by atoms with Crippen LogP contribution < -0.4 is 5.32 Å². The van der Waals surface area contributed by atoms with Gasteiger partial charge in [-0.1, -0.05) is 43.5 Å². The first-order chi connectivity index (χ1) is 9.74. The topological polar surface area (TPSA) is 49.3 Å². The third-order valence-corrected chi connectivity index (χ3v) is 4.08. The molecule has 2 aromatic rings. The molecule has 0 spiro atoms. The highest BCUT2D eigenvalue weighted by Gasteiger charge is 2.17. The molecule has 1 fully saturated rings. The lowest BCUT2D eigenvalue weighted by Gasteiger charge is -2.25. The first-order valence-electron chi connectivity index (χ1n) is 7.26. The average molecular weight is 269 g/mol. The van der Waals surface area contributed by atoms with Crippen molar-refractivity contribution >= 4 is 22.4 Å². The number of carbonyl (C=O) groups is 1. The average Bonchev–Trinajstić information content (AvgIpc) is 2.47. The van der Waals surface area contributed by atoms with Crippen LogP contribution in [0.15, 0.2) is 36.4 Å². The molecule has 0 bridgehead atoms. The Balaban J connectivity index is 1.98. The van der Waals surface area contributed by atoms with Crippen LogP contribution in [0.4, 0.5) is 5.69 Å². The number of carboxylic acids is 1. The molecular formula is C17H19NO2. The Bertz CT molecular complexity index is 630. The van der Waals surface area contributed by atoms with Gasteiger partial charge in [0.25, 0.3) is 0 Å². The molecule has 3 heteroatoms. The molecule has 0 atom stereocenters. The summed E-state index contributed by atoms with van der Waals surface area (Å²) in [6.07, 6.45) is 6.01. The first kappa shape index (κ1) is 13.0. The van der Waals surface area contributed by atoms with E-state index in [2.05, 4.69) is 5.32 Å².